The van der Waals surface area contributed by atoms with Gasteiger partial charge in [0, 0.05) is 5.39 Å². The Balaban J connectivity index is 2.11. The fraction of sp³-hybridized carbons (Fsp3) is 0.0714. The highest BCUT2D eigenvalue weighted by atomic mass is 19.1. The molecule has 0 aliphatic heterocycles. The van der Waals surface area contributed by atoms with E-state index in [1.165, 1.54) is 0 Å². The van der Waals surface area contributed by atoms with Crippen molar-refractivity contribution in [2.75, 3.05) is 6.54 Å². The van der Waals surface area contributed by atoms with Crippen molar-refractivity contribution in [1.82, 2.24) is 5.32 Å². The van der Waals surface area contributed by atoms with Crippen molar-refractivity contribution >= 4 is 16.7 Å². The largest absolute Gasteiger partial charge is 0.493 e. The second-order valence-electron chi connectivity index (χ2n) is 3.80. The number of ether oxygens (including phenoxy) is 1. The minimum absolute atomic E-state index is 0.0365. The van der Waals surface area contributed by atoms with Gasteiger partial charge in [-0.1, -0.05) is 36.4 Å². The lowest BCUT2D eigenvalue weighted by molar-refractivity contribution is -0.133. The molecule has 0 heterocycles. The standard InChI is InChI=1S/C14H12FNO3/c15-8-13(17)16-9-14(18)19-12-7-3-5-10-4-1-2-6-11(10)12/h1-8,16-17H,9H2/b13-8-. The van der Waals surface area contributed by atoms with Gasteiger partial charge >= 0.3 is 5.97 Å². The minimum Gasteiger partial charge on any atom is -0.493 e. The molecule has 0 aliphatic rings. The van der Waals surface area contributed by atoms with E-state index in [0.717, 1.165) is 10.8 Å². The molecule has 2 aromatic carbocycles. The van der Waals surface area contributed by atoms with E-state index in [4.69, 9.17) is 9.84 Å². The average molecular weight is 261 g/mol. The van der Waals surface area contributed by atoms with E-state index in [0.29, 0.717) is 5.75 Å². The molecule has 2 N–H and O–H groups in total. The SMILES string of the molecule is O=C(CN/C(O)=C/F)Oc1cccc2ccccc12. The molecule has 2 aromatic rings. The summed E-state index contributed by atoms with van der Waals surface area (Å²) in [7, 11) is 0. The Morgan fingerprint density at radius 3 is 2.79 bits per heavy atom. The normalized spacial score (nSPS) is 11.3. The summed E-state index contributed by atoms with van der Waals surface area (Å²) in [6.45, 7) is -0.324. The summed E-state index contributed by atoms with van der Waals surface area (Å²) >= 11 is 0. The number of benzene rings is 2. The Morgan fingerprint density at radius 2 is 2.00 bits per heavy atom. The number of aliphatic hydroxyl groups is 1. The molecule has 0 amide bonds. The summed E-state index contributed by atoms with van der Waals surface area (Å²) in [5.74, 6) is -0.909. The van der Waals surface area contributed by atoms with E-state index >= 15 is 0 Å². The molecular formula is C14H12FNO3. The van der Waals surface area contributed by atoms with Gasteiger partial charge in [0.25, 0.3) is 0 Å². The highest BCUT2D eigenvalue weighted by Gasteiger charge is 2.08. The van der Waals surface area contributed by atoms with Gasteiger partial charge in [-0.25, -0.2) is 9.18 Å². The Hall–Kier alpha value is -2.56. The summed E-state index contributed by atoms with van der Waals surface area (Å²) in [4.78, 5) is 11.5. The smallest absolute Gasteiger partial charge is 0.330 e. The van der Waals surface area contributed by atoms with Gasteiger partial charge in [-0.05, 0) is 11.5 Å². The first-order valence-electron chi connectivity index (χ1n) is 5.62. The third-order valence-electron chi connectivity index (χ3n) is 2.49. The number of fused-ring (bicyclic) bond motifs is 1. The first kappa shape index (κ1) is 12.9. The molecule has 0 saturated heterocycles. The summed E-state index contributed by atoms with van der Waals surface area (Å²) in [5, 5.41) is 12.7. The van der Waals surface area contributed by atoms with Crippen LogP contribution in [0.15, 0.2) is 54.7 Å². The molecule has 0 spiro atoms. The number of hydrogen-bond acceptors (Lipinski definition) is 4. The molecule has 5 heteroatoms. The Morgan fingerprint density at radius 1 is 1.26 bits per heavy atom. The predicted molar refractivity (Wildman–Crippen MR) is 69.4 cm³/mol. The van der Waals surface area contributed by atoms with Crippen LogP contribution < -0.4 is 10.1 Å². The molecule has 0 aliphatic carbocycles. The topological polar surface area (TPSA) is 58.6 Å². The van der Waals surface area contributed by atoms with E-state index in [1.807, 2.05) is 30.3 Å². The molecular weight excluding hydrogens is 249 g/mol. The average Bonchev–Trinajstić information content (AvgIpc) is 2.45. The number of carbonyl (C=O) groups excluding carboxylic acids is 1. The molecule has 0 unspecified atom stereocenters. The second kappa shape index (κ2) is 5.86. The van der Waals surface area contributed by atoms with Gasteiger partial charge in [-0.3, -0.25) is 0 Å². The zero-order chi connectivity index (χ0) is 13.7. The van der Waals surface area contributed by atoms with Crippen molar-refractivity contribution in [3.8, 4) is 5.75 Å². The summed E-state index contributed by atoms with van der Waals surface area (Å²) in [6.07, 6.45) is -0.0365. The number of hydrogen-bond donors (Lipinski definition) is 2. The van der Waals surface area contributed by atoms with Crippen LogP contribution in [0.5, 0.6) is 5.75 Å². The number of esters is 1. The van der Waals surface area contributed by atoms with Crippen LogP contribution in [-0.2, 0) is 4.79 Å². The second-order valence-corrected chi connectivity index (χ2v) is 3.80. The van der Waals surface area contributed by atoms with Crippen molar-refractivity contribution in [1.29, 1.82) is 0 Å². The fourth-order valence-corrected chi connectivity index (χ4v) is 1.64. The molecule has 2 rings (SSSR count). The molecule has 0 bridgehead atoms. The lowest BCUT2D eigenvalue weighted by Crippen LogP contribution is -2.26. The van der Waals surface area contributed by atoms with Crippen LogP contribution in [0.2, 0.25) is 0 Å². The van der Waals surface area contributed by atoms with Gasteiger partial charge < -0.3 is 15.2 Å². The summed E-state index contributed by atoms with van der Waals surface area (Å²) in [5.41, 5.74) is 0. The molecule has 4 nitrogen and oxygen atoms in total. The molecule has 0 aromatic heterocycles. The van der Waals surface area contributed by atoms with E-state index in [9.17, 15) is 9.18 Å². The van der Waals surface area contributed by atoms with Crippen molar-refractivity contribution in [3.63, 3.8) is 0 Å². The van der Waals surface area contributed by atoms with Crippen LogP contribution in [0.4, 0.5) is 4.39 Å². The molecule has 0 radical (unpaired) electrons. The third kappa shape index (κ3) is 3.22. The Bertz CT molecular complexity index is 620. The Labute approximate surface area is 109 Å². The van der Waals surface area contributed by atoms with Crippen LogP contribution in [0.1, 0.15) is 0 Å². The molecule has 0 fully saturated rings. The van der Waals surface area contributed by atoms with Gasteiger partial charge in [-0.15, -0.1) is 0 Å². The van der Waals surface area contributed by atoms with Gasteiger partial charge in [0.2, 0.25) is 5.88 Å². The van der Waals surface area contributed by atoms with Crippen LogP contribution in [0, 0.1) is 0 Å². The maximum absolute atomic E-state index is 11.8. The lowest BCUT2D eigenvalue weighted by atomic mass is 10.1. The molecule has 98 valence electrons. The predicted octanol–water partition coefficient (Wildman–Crippen LogP) is 2.66. The van der Waals surface area contributed by atoms with Crippen molar-refractivity contribution in [3.05, 3.63) is 54.7 Å². The zero-order valence-electron chi connectivity index (χ0n) is 9.97. The van der Waals surface area contributed by atoms with Gasteiger partial charge in [0.15, 0.2) is 0 Å². The van der Waals surface area contributed by atoms with Crippen molar-refractivity contribution in [2.24, 2.45) is 0 Å². The van der Waals surface area contributed by atoms with Gasteiger partial charge in [0.1, 0.15) is 18.6 Å². The quantitative estimate of drug-likeness (QED) is 0.504. The van der Waals surface area contributed by atoms with E-state index in [1.54, 1.807) is 12.1 Å². The number of halogens is 1. The van der Waals surface area contributed by atoms with Crippen molar-refractivity contribution < 1.29 is 19.0 Å². The third-order valence-corrected chi connectivity index (χ3v) is 2.49. The molecule has 19 heavy (non-hydrogen) atoms. The first-order valence-corrected chi connectivity index (χ1v) is 5.62. The highest BCUT2D eigenvalue weighted by Crippen LogP contribution is 2.25. The maximum Gasteiger partial charge on any atom is 0.330 e. The van der Waals surface area contributed by atoms with Crippen LogP contribution in [-0.4, -0.2) is 17.6 Å². The number of nitrogens with one attached hydrogen (secondary N) is 1. The fourth-order valence-electron chi connectivity index (χ4n) is 1.64. The van der Waals surface area contributed by atoms with Crippen LogP contribution in [0.25, 0.3) is 10.8 Å². The monoisotopic (exact) mass is 261 g/mol. The van der Waals surface area contributed by atoms with Crippen molar-refractivity contribution in [2.45, 2.75) is 0 Å². The maximum atomic E-state index is 11.8. The lowest BCUT2D eigenvalue weighted by Gasteiger charge is -2.08. The first-order chi connectivity index (χ1) is 9.20. The number of rotatable bonds is 4. The zero-order valence-corrected chi connectivity index (χ0v) is 9.97. The number of carbonyl (C=O) groups is 1. The minimum atomic E-state index is -0.713. The van der Waals surface area contributed by atoms with E-state index < -0.39 is 11.9 Å². The Kier molecular flexibility index (Phi) is 3.97. The van der Waals surface area contributed by atoms with E-state index in [-0.39, 0.29) is 12.9 Å². The van der Waals surface area contributed by atoms with E-state index in [2.05, 4.69) is 5.32 Å². The van der Waals surface area contributed by atoms with Crippen LogP contribution in [0.3, 0.4) is 0 Å². The molecule has 0 saturated carbocycles. The summed E-state index contributed by atoms with van der Waals surface area (Å²) < 4.78 is 17.0. The van der Waals surface area contributed by atoms with Gasteiger partial charge in [-0.2, -0.15) is 0 Å². The van der Waals surface area contributed by atoms with Gasteiger partial charge in [0.05, 0.1) is 0 Å². The summed E-state index contributed by atoms with van der Waals surface area (Å²) in [6, 6.07) is 12.8. The number of aliphatic hydroxyl groups excluding tert-OH is 1. The highest BCUT2D eigenvalue weighted by molar-refractivity contribution is 5.90. The molecule has 0 atom stereocenters. The van der Waals surface area contributed by atoms with Crippen LogP contribution >= 0.6 is 0 Å².